The molecule has 0 aliphatic heterocycles. The highest BCUT2D eigenvalue weighted by Crippen LogP contribution is 2.29. The predicted molar refractivity (Wildman–Crippen MR) is 145 cm³/mol. The number of fused-ring (bicyclic) bond motifs is 1. The van der Waals surface area contributed by atoms with Crippen molar-refractivity contribution >= 4 is 50.5 Å². The lowest BCUT2D eigenvalue weighted by atomic mass is 10.1. The second kappa shape index (κ2) is 10.2. The number of benzene rings is 1. The smallest absolute Gasteiger partial charge is 0.422 e. The van der Waals surface area contributed by atoms with Gasteiger partial charge in [-0.1, -0.05) is 35.4 Å². The molecule has 0 radical (unpaired) electrons. The summed E-state index contributed by atoms with van der Waals surface area (Å²) >= 11 is 6.20. The van der Waals surface area contributed by atoms with Gasteiger partial charge in [0.05, 0.1) is 9.92 Å². The Bertz CT molecular complexity index is 1620. The zero-order chi connectivity index (χ0) is 27.8. The molecule has 9 nitrogen and oxygen atoms in total. The van der Waals surface area contributed by atoms with Gasteiger partial charge in [-0.15, -0.1) is 0 Å². The zero-order valence-corrected chi connectivity index (χ0v) is 23.2. The van der Waals surface area contributed by atoms with Gasteiger partial charge in [0.15, 0.2) is 5.65 Å². The number of halogens is 1. The predicted octanol–water partition coefficient (Wildman–Crippen LogP) is 5.51. The molecule has 198 valence electrons. The van der Waals surface area contributed by atoms with E-state index >= 15 is 0 Å². The Balaban J connectivity index is 1.69. The third-order valence-electron chi connectivity index (χ3n) is 5.56. The van der Waals surface area contributed by atoms with E-state index in [0.717, 1.165) is 14.4 Å². The van der Waals surface area contributed by atoms with E-state index in [2.05, 4.69) is 9.97 Å². The number of aryl methyl sites for hydroxylation is 1. The first-order chi connectivity index (χ1) is 17.8. The molecule has 0 atom stereocenters. The van der Waals surface area contributed by atoms with Crippen molar-refractivity contribution in [2.75, 3.05) is 4.90 Å². The highest BCUT2D eigenvalue weighted by molar-refractivity contribution is 7.90. The van der Waals surface area contributed by atoms with Crippen LogP contribution in [0.4, 0.5) is 10.6 Å². The molecule has 0 saturated carbocycles. The van der Waals surface area contributed by atoms with Gasteiger partial charge in [-0.3, -0.25) is 4.79 Å². The van der Waals surface area contributed by atoms with Crippen LogP contribution in [-0.4, -0.2) is 40.0 Å². The van der Waals surface area contributed by atoms with Gasteiger partial charge >= 0.3 is 6.09 Å². The third kappa shape index (κ3) is 5.71. The summed E-state index contributed by atoms with van der Waals surface area (Å²) in [4.78, 5) is 34.3. The molecule has 0 spiro atoms. The summed E-state index contributed by atoms with van der Waals surface area (Å²) in [5, 5.41) is 0.948. The summed E-state index contributed by atoms with van der Waals surface area (Å²) in [7, 11) is -3.92. The first-order valence-electron chi connectivity index (χ1n) is 11.7. The van der Waals surface area contributed by atoms with Crippen molar-refractivity contribution < 1.29 is 22.7 Å². The molecule has 38 heavy (non-hydrogen) atoms. The largest absolute Gasteiger partial charge is 0.443 e. The normalized spacial score (nSPS) is 11.9. The van der Waals surface area contributed by atoms with Gasteiger partial charge < -0.3 is 4.74 Å². The maximum Gasteiger partial charge on any atom is 0.422 e. The molecule has 3 aromatic heterocycles. The number of ether oxygens (including phenoxy) is 1. The van der Waals surface area contributed by atoms with Gasteiger partial charge in [-0.2, -0.15) is 4.90 Å². The molecule has 2 amide bonds. The number of carbonyl (C=O) groups excluding carboxylic acids is 2. The molecular weight excluding hydrogens is 528 g/mol. The van der Waals surface area contributed by atoms with Crippen LogP contribution >= 0.6 is 11.6 Å². The fraction of sp³-hybridized carbons (Fsp3) is 0.259. The van der Waals surface area contributed by atoms with Crippen molar-refractivity contribution in [1.82, 2.24) is 13.9 Å². The van der Waals surface area contributed by atoms with Crippen molar-refractivity contribution in [3.05, 3.63) is 82.8 Å². The molecule has 0 aliphatic carbocycles. The summed E-state index contributed by atoms with van der Waals surface area (Å²) in [6, 6.07) is 11.5. The van der Waals surface area contributed by atoms with Crippen LogP contribution in [0.15, 0.2) is 66.0 Å². The second-order valence-corrected chi connectivity index (χ2v) is 12.1. The molecule has 0 saturated heterocycles. The lowest BCUT2D eigenvalue weighted by Gasteiger charge is -2.24. The van der Waals surface area contributed by atoms with E-state index in [0.29, 0.717) is 28.0 Å². The quantitative estimate of drug-likeness (QED) is 0.320. The minimum absolute atomic E-state index is 0.115. The average molecular weight is 555 g/mol. The third-order valence-corrected chi connectivity index (χ3v) is 7.43. The van der Waals surface area contributed by atoms with Crippen molar-refractivity contribution in [2.45, 2.75) is 51.5 Å². The molecule has 0 aliphatic rings. The van der Waals surface area contributed by atoms with Crippen LogP contribution in [0.1, 0.15) is 44.4 Å². The summed E-state index contributed by atoms with van der Waals surface area (Å²) in [5.74, 6) is -0.422. The molecule has 1 aromatic carbocycles. The van der Waals surface area contributed by atoms with Crippen LogP contribution in [0.2, 0.25) is 5.02 Å². The Morgan fingerprint density at radius 1 is 1.05 bits per heavy atom. The molecule has 3 heterocycles. The van der Waals surface area contributed by atoms with Crippen molar-refractivity contribution in [3.8, 4) is 0 Å². The molecule has 0 N–H and O–H groups in total. The van der Waals surface area contributed by atoms with E-state index in [1.807, 2.05) is 6.92 Å². The summed E-state index contributed by atoms with van der Waals surface area (Å²) in [6.07, 6.45) is 3.92. The van der Waals surface area contributed by atoms with Gasteiger partial charge in [0.25, 0.3) is 10.0 Å². The SMILES string of the molecule is CC(=O)N(C(=O)OC(C)(C)C)c1ccc(Cc2cn(S(=O)(=O)c3ccc(C)cc3)c3ncc(Cl)cc23)cn1. The summed E-state index contributed by atoms with van der Waals surface area (Å²) in [6.45, 7) is 8.24. The number of carbonyl (C=O) groups is 2. The minimum atomic E-state index is -3.92. The van der Waals surface area contributed by atoms with Gasteiger partial charge in [0.2, 0.25) is 5.91 Å². The highest BCUT2D eigenvalue weighted by atomic mass is 35.5. The van der Waals surface area contributed by atoms with E-state index < -0.39 is 27.6 Å². The Morgan fingerprint density at radius 3 is 2.32 bits per heavy atom. The number of nitrogens with zero attached hydrogens (tertiary/aromatic N) is 4. The molecule has 4 rings (SSSR count). The summed E-state index contributed by atoms with van der Waals surface area (Å²) in [5.41, 5.74) is 1.79. The molecule has 0 bridgehead atoms. The lowest BCUT2D eigenvalue weighted by molar-refractivity contribution is -0.116. The van der Waals surface area contributed by atoms with Crippen LogP contribution in [0.5, 0.6) is 0 Å². The van der Waals surface area contributed by atoms with Crippen LogP contribution < -0.4 is 4.90 Å². The first-order valence-corrected chi connectivity index (χ1v) is 13.5. The fourth-order valence-electron chi connectivity index (χ4n) is 3.83. The second-order valence-electron chi connectivity index (χ2n) is 9.83. The molecular formula is C27H27ClN4O5S. The van der Waals surface area contributed by atoms with Crippen LogP contribution in [0.25, 0.3) is 11.0 Å². The number of anilines is 1. The minimum Gasteiger partial charge on any atom is -0.443 e. The molecule has 4 aromatic rings. The van der Waals surface area contributed by atoms with Crippen LogP contribution in [0, 0.1) is 6.92 Å². The average Bonchev–Trinajstić information content (AvgIpc) is 3.17. The number of aromatic nitrogens is 3. The number of rotatable bonds is 5. The number of hydrogen-bond donors (Lipinski definition) is 0. The summed E-state index contributed by atoms with van der Waals surface area (Å²) < 4.78 is 33.4. The van der Waals surface area contributed by atoms with E-state index in [-0.39, 0.29) is 16.4 Å². The zero-order valence-electron chi connectivity index (χ0n) is 21.6. The van der Waals surface area contributed by atoms with E-state index in [4.69, 9.17) is 16.3 Å². The van der Waals surface area contributed by atoms with Crippen LogP contribution in [-0.2, 0) is 26.0 Å². The van der Waals surface area contributed by atoms with E-state index in [9.17, 15) is 18.0 Å². The lowest BCUT2D eigenvalue weighted by Crippen LogP contribution is -2.40. The van der Waals surface area contributed by atoms with Crippen molar-refractivity contribution in [3.63, 3.8) is 0 Å². The fourth-order valence-corrected chi connectivity index (χ4v) is 5.33. The van der Waals surface area contributed by atoms with Gasteiger partial charge in [0.1, 0.15) is 11.4 Å². The first kappa shape index (κ1) is 27.3. The Hall–Kier alpha value is -3.76. The molecule has 0 fully saturated rings. The molecule has 0 unspecified atom stereocenters. The van der Waals surface area contributed by atoms with E-state index in [1.54, 1.807) is 57.2 Å². The van der Waals surface area contributed by atoms with E-state index in [1.165, 1.54) is 31.6 Å². The van der Waals surface area contributed by atoms with Gasteiger partial charge in [-0.05, 0) is 63.1 Å². The van der Waals surface area contributed by atoms with Crippen LogP contribution in [0.3, 0.4) is 0 Å². The topological polar surface area (TPSA) is 111 Å². The maximum atomic E-state index is 13.5. The van der Waals surface area contributed by atoms with Crippen molar-refractivity contribution in [1.29, 1.82) is 0 Å². The number of hydrogen-bond acceptors (Lipinski definition) is 7. The monoisotopic (exact) mass is 554 g/mol. The molecule has 11 heteroatoms. The Kier molecular flexibility index (Phi) is 7.31. The van der Waals surface area contributed by atoms with Gasteiger partial charge in [-0.25, -0.2) is 27.2 Å². The Labute approximate surface area is 226 Å². The maximum absolute atomic E-state index is 13.5. The number of imide groups is 1. The number of amides is 2. The standard InChI is InChI=1S/C27H27ClN4O5S/c1-17-6-9-22(10-7-17)38(35,36)31-16-20(23-13-21(28)15-30-25(23)31)12-19-8-11-24(29-14-19)32(18(2)33)26(34)37-27(3,4)5/h6-11,13-16H,12H2,1-5H3. The number of pyridine rings is 2. The Morgan fingerprint density at radius 2 is 1.74 bits per heavy atom. The van der Waals surface area contributed by atoms with Crippen molar-refractivity contribution in [2.24, 2.45) is 0 Å². The van der Waals surface area contributed by atoms with Gasteiger partial charge in [0, 0.05) is 37.3 Å². The highest BCUT2D eigenvalue weighted by Gasteiger charge is 2.28.